The molecular formula is C25H25BrCl2N2O3. The minimum absolute atomic E-state index is 0.398. The standard InChI is InChI=1S/C25H25BrCl2N2O3/c1-31-24-12-18(21(26)14-25(24)33-16-17-3-2-4-19(27)11-17)15-29-20-5-6-23(22(28)13-20)30-7-9-32-10-8-30/h2-6,11-14,29H,7-10,15-16H2,1H3. The number of benzene rings is 3. The van der Waals surface area contributed by atoms with E-state index in [9.17, 15) is 0 Å². The first-order valence-corrected chi connectivity index (χ1v) is 12.2. The topological polar surface area (TPSA) is 43.0 Å². The lowest BCUT2D eigenvalue weighted by atomic mass is 10.2. The number of anilines is 2. The predicted octanol–water partition coefficient (Wildman–Crippen LogP) is 6.79. The molecule has 1 heterocycles. The Morgan fingerprint density at radius 2 is 1.85 bits per heavy atom. The Hall–Kier alpha value is -2.12. The Bertz CT molecular complexity index is 1110. The number of morpholine rings is 1. The third kappa shape index (κ3) is 6.27. The van der Waals surface area contributed by atoms with Crippen molar-refractivity contribution in [1.29, 1.82) is 0 Å². The first-order chi connectivity index (χ1) is 16.0. The average Bonchev–Trinajstić information content (AvgIpc) is 2.82. The summed E-state index contributed by atoms with van der Waals surface area (Å²) in [5, 5.41) is 4.85. The van der Waals surface area contributed by atoms with Crippen molar-refractivity contribution in [3.8, 4) is 11.5 Å². The van der Waals surface area contributed by atoms with Gasteiger partial charge >= 0.3 is 0 Å². The van der Waals surface area contributed by atoms with Gasteiger partial charge in [-0.15, -0.1) is 0 Å². The van der Waals surface area contributed by atoms with Crippen LogP contribution in [0.2, 0.25) is 10.0 Å². The van der Waals surface area contributed by atoms with Crippen LogP contribution in [0.3, 0.4) is 0 Å². The maximum atomic E-state index is 6.56. The van der Waals surface area contributed by atoms with Crippen molar-refractivity contribution in [2.24, 2.45) is 0 Å². The van der Waals surface area contributed by atoms with Gasteiger partial charge < -0.3 is 24.4 Å². The van der Waals surface area contributed by atoms with E-state index in [2.05, 4.69) is 32.2 Å². The molecule has 3 aromatic rings. The van der Waals surface area contributed by atoms with Gasteiger partial charge in [-0.1, -0.05) is 51.3 Å². The zero-order valence-electron chi connectivity index (χ0n) is 18.2. The summed E-state index contributed by atoms with van der Waals surface area (Å²) in [5.74, 6) is 1.32. The summed E-state index contributed by atoms with van der Waals surface area (Å²) < 4.78 is 17.9. The molecular weight excluding hydrogens is 527 g/mol. The molecule has 1 aliphatic heterocycles. The van der Waals surface area contributed by atoms with E-state index in [1.807, 2.05) is 48.5 Å². The first-order valence-electron chi connectivity index (χ1n) is 10.6. The van der Waals surface area contributed by atoms with Crippen LogP contribution in [0.5, 0.6) is 11.5 Å². The molecule has 0 atom stereocenters. The smallest absolute Gasteiger partial charge is 0.162 e. The maximum Gasteiger partial charge on any atom is 0.162 e. The van der Waals surface area contributed by atoms with E-state index < -0.39 is 0 Å². The molecule has 0 amide bonds. The van der Waals surface area contributed by atoms with Crippen LogP contribution in [0.25, 0.3) is 0 Å². The molecule has 174 valence electrons. The summed E-state index contributed by atoms with van der Waals surface area (Å²) in [6, 6.07) is 17.6. The molecule has 1 aliphatic rings. The molecule has 0 aromatic heterocycles. The van der Waals surface area contributed by atoms with Gasteiger partial charge in [0.1, 0.15) is 6.61 Å². The highest BCUT2D eigenvalue weighted by atomic mass is 79.9. The van der Waals surface area contributed by atoms with Crippen molar-refractivity contribution in [2.75, 3.05) is 43.6 Å². The summed E-state index contributed by atoms with van der Waals surface area (Å²) in [6.07, 6.45) is 0. The molecule has 0 aliphatic carbocycles. The third-order valence-electron chi connectivity index (χ3n) is 5.40. The van der Waals surface area contributed by atoms with Crippen LogP contribution < -0.4 is 19.7 Å². The van der Waals surface area contributed by atoms with Crippen LogP contribution >= 0.6 is 39.1 Å². The monoisotopic (exact) mass is 550 g/mol. The number of nitrogens with one attached hydrogen (secondary N) is 1. The zero-order valence-corrected chi connectivity index (χ0v) is 21.3. The molecule has 8 heteroatoms. The zero-order chi connectivity index (χ0) is 23.2. The minimum atomic E-state index is 0.398. The number of hydrogen-bond acceptors (Lipinski definition) is 5. The Kier molecular flexibility index (Phi) is 8.25. The molecule has 4 rings (SSSR count). The van der Waals surface area contributed by atoms with E-state index in [0.29, 0.717) is 29.7 Å². The average molecular weight is 552 g/mol. The van der Waals surface area contributed by atoms with Crippen LogP contribution in [-0.4, -0.2) is 33.4 Å². The Morgan fingerprint density at radius 1 is 1.03 bits per heavy atom. The van der Waals surface area contributed by atoms with E-state index in [1.54, 1.807) is 7.11 Å². The fraction of sp³-hybridized carbons (Fsp3) is 0.280. The number of methoxy groups -OCH3 is 1. The van der Waals surface area contributed by atoms with Gasteiger partial charge in [0.15, 0.2) is 11.5 Å². The van der Waals surface area contributed by atoms with E-state index in [4.69, 9.17) is 37.4 Å². The number of rotatable bonds is 8. The molecule has 3 aromatic carbocycles. The van der Waals surface area contributed by atoms with Crippen LogP contribution in [-0.2, 0) is 17.9 Å². The van der Waals surface area contributed by atoms with Crippen molar-refractivity contribution in [3.63, 3.8) is 0 Å². The number of nitrogens with zero attached hydrogens (tertiary/aromatic N) is 1. The highest BCUT2D eigenvalue weighted by Crippen LogP contribution is 2.35. The number of ether oxygens (including phenoxy) is 3. The van der Waals surface area contributed by atoms with Crippen LogP contribution in [0.15, 0.2) is 59.1 Å². The fourth-order valence-corrected chi connectivity index (χ4v) is 4.62. The minimum Gasteiger partial charge on any atom is -0.493 e. The third-order valence-corrected chi connectivity index (χ3v) is 6.67. The molecule has 5 nitrogen and oxygen atoms in total. The Balaban J connectivity index is 1.42. The number of halogens is 3. The van der Waals surface area contributed by atoms with Gasteiger partial charge in [0.05, 0.1) is 31.0 Å². The van der Waals surface area contributed by atoms with Crippen molar-refractivity contribution in [3.05, 3.63) is 80.2 Å². The highest BCUT2D eigenvalue weighted by molar-refractivity contribution is 9.10. The number of hydrogen-bond donors (Lipinski definition) is 1. The summed E-state index contributed by atoms with van der Waals surface area (Å²) in [4.78, 5) is 2.25. The fourth-order valence-electron chi connectivity index (χ4n) is 3.65. The molecule has 0 saturated carbocycles. The van der Waals surface area contributed by atoms with Gasteiger partial charge in [-0.05, 0) is 53.6 Å². The molecule has 0 unspecified atom stereocenters. The van der Waals surface area contributed by atoms with Crippen LogP contribution in [0.4, 0.5) is 11.4 Å². The second-order valence-corrected chi connectivity index (χ2v) is 9.33. The van der Waals surface area contributed by atoms with E-state index in [1.165, 1.54) is 0 Å². The normalized spacial score (nSPS) is 13.6. The molecule has 1 saturated heterocycles. The Labute approximate surface area is 212 Å². The second kappa shape index (κ2) is 11.3. The highest BCUT2D eigenvalue weighted by Gasteiger charge is 2.15. The lowest BCUT2D eigenvalue weighted by molar-refractivity contribution is 0.122. The summed E-state index contributed by atoms with van der Waals surface area (Å²) in [6.45, 7) is 4.15. The molecule has 0 bridgehead atoms. The quantitative estimate of drug-likeness (QED) is 0.334. The van der Waals surface area contributed by atoms with Crippen molar-refractivity contribution in [1.82, 2.24) is 0 Å². The van der Waals surface area contributed by atoms with Gasteiger partial charge in [-0.2, -0.15) is 0 Å². The van der Waals surface area contributed by atoms with Gasteiger partial charge in [0.2, 0.25) is 0 Å². The van der Waals surface area contributed by atoms with Crippen molar-refractivity contribution >= 4 is 50.5 Å². The molecule has 33 heavy (non-hydrogen) atoms. The van der Waals surface area contributed by atoms with E-state index >= 15 is 0 Å². The van der Waals surface area contributed by atoms with Gasteiger partial charge in [0, 0.05) is 34.8 Å². The Morgan fingerprint density at radius 3 is 2.58 bits per heavy atom. The predicted molar refractivity (Wildman–Crippen MR) is 138 cm³/mol. The summed E-state index contributed by atoms with van der Waals surface area (Å²) in [7, 11) is 1.64. The molecule has 1 N–H and O–H groups in total. The van der Waals surface area contributed by atoms with Crippen molar-refractivity contribution < 1.29 is 14.2 Å². The van der Waals surface area contributed by atoms with Gasteiger partial charge in [-0.25, -0.2) is 0 Å². The SMILES string of the molecule is COc1cc(CNc2ccc(N3CCOCC3)c(Cl)c2)c(Br)cc1OCc1cccc(Cl)c1. The molecule has 1 fully saturated rings. The van der Waals surface area contributed by atoms with Crippen LogP contribution in [0.1, 0.15) is 11.1 Å². The van der Waals surface area contributed by atoms with Crippen molar-refractivity contribution in [2.45, 2.75) is 13.2 Å². The van der Waals surface area contributed by atoms with E-state index in [-0.39, 0.29) is 0 Å². The summed E-state index contributed by atoms with van der Waals surface area (Å²) >= 11 is 16.3. The van der Waals surface area contributed by atoms with Gasteiger partial charge in [0.25, 0.3) is 0 Å². The van der Waals surface area contributed by atoms with E-state index in [0.717, 1.165) is 58.3 Å². The first kappa shape index (κ1) is 24.0. The van der Waals surface area contributed by atoms with Gasteiger partial charge in [-0.3, -0.25) is 0 Å². The molecule has 0 spiro atoms. The summed E-state index contributed by atoms with van der Waals surface area (Å²) in [5.41, 5.74) is 4.01. The lowest BCUT2D eigenvalue weighted by Gasteiger charge is -2.29. The van der Waals surface area contributed by atoms with Crippen LogP contribution in [0, 0.1) is 0 Å². The lowest BCUT2D eigenvalue weighted by Crippen LogP contribution is -2.36. The molecule has 0 radical (unpaired) electrons. The second-order valence-electron chi connectivity index (χ2n) is 7.63. The largest absolute Gasteiger partial charge is 0.493 e. The maximum absolute atomic E-state index is 6.56.